The molecular formula is C16H20BrNS. The molecule has 1 atom stereocenters. The van der Waals surface area contributed by atoms with E-state index in [2.05, 4.69) is 70.1 Å². The number of hydrogen-bond acceptors (Lipinski definition) is 2. The lowest BCUT2D eigenvalue weighted by atomic mass is 10.0. The maximum Gasteiger partial charge on any atom is 0.0360 e. The first-order valence-electron chi connectivity index (χ1n) is 6.81. The minimum atomic E-state index is 0.472. The molecule has 0 amide bonds. The number of rotatable bonds is 6. The van der Waals surface area contributed by atoms with Crippen molar-refractivity contribution in [3.63, 3.8) is 0 Å². The molecule has 1 nitrogen and oxygen atoms in total. The Labute approximate surface area is 128 Å². The Morgan fingerprint density at radius 1 is 1.16 bits per heavy atom. The fourth-order valence-electron chi connectivity index (χ4n) is 2.20. The molecule has 0 fully saturated rings. The molecule has 0 saturated heterocycles. The smallest absolute Gasteiger partial charge is 0.0360 e. The van der Waals surface area contributed by atoms with Gasteiger partial charge in [-0.1, -0.05) is 38.1 Å². The second kappa shape index (κ2) is 7.22. The molecule has 3 heteroatoms. The van der Waals surface area contributed by atoms with Crippen molar-refractivity contribution in [2.24, 2.45) is 0 Å². The maximum atomic E-state index is 3.60. The van der Waals surface area contributed by atoms with E-state index in [1.54, 1.807) is 11.3 Å². The number of benzene rings is 1. The van der Waals surface area contributed by atoms with Gasteiger partial charge in [0, 0.05) is 21.5 Å². The summed E-state index contributed by atoms with van der Waals surface area (Å²) >= 11 is 5.32. The summed E-state index contributed by atoms with van der Waals surface area (Å²) < 4.78 is 1.18. The number of thiophene rings is 1. The molecular weight excluding hydrogens is 318 g/mol. The highest BCUT2D eigenvalue weighted by Crippen LogP contribution is 2.32. The fraction of sp³-hybridized carbons (Fsp3) is 0.375. The van der Waals surface area contributed by atoms with E-state index in [1.807, 2.05) is 0 Å². The zero-order valence-corrected chi connectivity index (χ0v) is 13.9. The molecule has 102 valence electrons. The third kappa shape index (κ3) is 3.68. The van der Waals surface area contributed by atoms with Crippen LogP contribution in [-0.2, 0) is 0 Å². The molecule has 1 aromatic heterocycles. The van der Waals surface area contributed by atoms with Gasteiger partial charge in [-0.15, -0.1) is 0 Å². The normalized spacial score (nSPS) is 12.6. The summed E-state index contributed by atoms with van der Waals surface area (Å²) in [5, 5.41) is 7.91. The third-order valence-electron chi connectivity index (χ3n) is 3.29. The van der Waals surface area contributed by atoms with Crippen LogP contribution in [0.15, 0.2) is 39.5 Å². The van der Waals surface area contributed by atoms with Gasteiger partial charge in [0.25, 0.3) is 0 Å². The predicted molar refractivity (Wildman–Crippen MR) is 88.8 cm³/mol. The fourth-order valence-corrected chi connectivity index (χ4v) is 3.73. The minimum absolute atomic E-state index is 0.472. The monoisotopic (exact) mass is 337 g/mol. The summed E-state index contributed by atoms with van der Waals surface area (Å²) in [7, 11) is 0. The van der Waals surface area contributed by atoms with Crippen molar-refractivity contribution >= 4 is 27.3 Å². The second-order valence-electron chi connectivity index (χ2n) is 4.67. The van der Waals surface area contributed by atoms with Gasteiger partial charge in [-0.3, -0.25) is 0 Å². The Balaban J connectivity index is 2.15. The minimum Gasteiger partial charge on any atom is -0.310 e. The van der Waals surface area contributed by atoms with Crippen LogP contribution in [-0.4, -0.2) is 6.54 Å². The second-order valence-corrected chi connectivity index (χ2v) is 6.27. The Bertz CT molecular complexity index is 504. The van der Waals surface area contributed by atoms with Crippen LogP contribution in [0.4, 0.5) is 0 Å². The van der Waals surface area contributed by atoms with E-state index in [1.165, 1.54) is 27.6 Å². The molecule has 0 bridgehead atoms. The average molecular weight is 338 g/mol. The SMILES string of the molecule is CCCNC(CC)c1ccc(-c2cscc2Br)cc1. The molecule has 0 aliphatic rings. The van der Waals surface area contributed by atoms with Gasteiger partial charge in [-0.2, -0.15) is 11.3 Å². The standard InChI is InChI=1S/C16H20BrNS/c1-3-9-18-16(4-2)13-7-5-12(6-8-13)14-10-19-11-15(14)17/h5-8,10-11,16,18H,3-4,9H2,1-2H3. The molecule has 0 saturated carbocycles. The van der Waals surface area contributed by atoms with E-state index in [9.17, 15) is 0 Å². The lowest BCUT2D eigenvalue weighted by Gasteiger charge is -2.17. The molecule has 0 radical (unpaired) electrons. The predicted octanol–water partition coefficient (Wildman–Crippen LogP) is 5.63. The molecule has 1 N–H and O–H groups in total. The zero-order valence-electron chi connectivity index (χ0n) is 11.4. The molecule has 1 heterocycles. The zero-order chi connectivity index (χ0) is 13.7. The summed E-state index contributed by atoms with van der Waals surface area (Å²) in [6.07, 6.45) is 2.30. The molecule has 0 spiro atoms. The van der Waals surface area contributed by atoms with Crippen molar-refractivity contribution in [3.05, 3.63) is 45.1 Å². The van der Waals surface area contributed by atoms with E-state index >= 15 is 0 Å². The van der Waals surface area contributed by atoms with Crippen molar-refractivity contribution in [2.75, 3.05) is 6.54 Å². The van der Waals surface area contributed by atoms with Crippen molar-refractivity contribution in [1.29, 1.82) is 0 Å². The van der Waals surface area contributed by atoms with E-state index < -0.39 is 0 Å². The number of nitrogens with one attached hydrogen (secondary N) is 1. The molecule has 0 aliphatic carbocycles. The highest BCUT2D eigenvalue weighted by molar-refractivity contribution is 9.10. The first kappa shape index (κ1) is 14.8. The van der Waals surface area contributed by atoms with Crippen molar-refractivity contribution in [1.82, 2.24) is 5.32 Å². The van der Waals surface area contributed by atoms with Crippen LogP contribution in [0.2, 0.25) is 0 Å². The lowest BCUT2D eigenvalue weighted by molar-refractivity contribution is 0.518. The summed E-state index contributed by atoms with van der Waals surface area (Å²) in [5.74, 6) is 0. The first-order chi connectivity index (χ1) is 9.26. The van der Waals surface area contributed by atoms with Crippen LogP contribution < -0.4 is 5.32 Å². The Morgan fingerprint density at radius 3 is 2.42 bits per heavy atom. The number of halogens is 1. The van der Waals surface area contributed by atoms with Gasteiger partial charge in [0.2, 0.25) is 0 Å². The van der Waals surface area contributed by atoms with Crippen molar-refractivity contribution in [2.45, 2.75) is 32.7 Å². The van der Waals surface area contributed by atoms with Gasteiger partial charge in [-0.05, 0) is 51.8 Å². The van der Waals surface area contributed by atoms with Gasteiger partial charge >= 0.3 is 0 Å². The molecule has 1 aromatic carbocycles. The van der Waals surface area contributed by atoms with Crippen LogP contribution in [0, 0.1) is 0 Å². The van der Waals surface area contributed by atoms with Gasteiger partial charge in [0.15, 0.2) is 0 Å². The quantitative estimate of drug-likeness (QED) is 0.720. The van der Waals surface area contributed by atoms with Gasteiger partial charge < -0.3 is 5.32 Å². The van der Waals surface area contributed by atoms with Crippen LogP contribution in [0.25, 0.3) is 11.1 Å². The molecule has 2 aromatic rings. The van der Waals surface area contributed by atoms with Crippen LogP contribution in [0.5, 0.6) is 0 Å². The van der Waals surface area contributed by atoms with Gasteiger partial charge in [-0.25, -0.2) is 0 Å². The first-order valence-corrected chi connectivity index (χ1v) is 8.55. The van der Waals surface area contributed by atoms with Crippen LogP contribution in [0.3, 0.4) is 0 Å². The average Bonchev–Trinajstić information content (AvgIpc) is 2.87. The summed E-state index contributed by atoms with van der Waals surface area (Å²) in [4.78, 5) is 0. The summed E-state index contributed by atoms with van der Waals surface area (Å²) in [6, 6.07) is 9.41. The lowest BCUT2D eigenvalue weighted by Crippen LogP contribution is -2.21. The van der Waals surface area contributed by atoms with Crippen molar-refractivity contribution < 1.29 is 0 Å². The Hall–Kier alpha value is -0.640. The third-order valence-corrected chi connectivity index (χ3v) is 4.99. The van der Waals surface area contributed by atoms with E-state index in [-0.39, 0.29) is 0 Å². The summed E-state index contributed by atoms with van der Waals surface area (Å²) in [6.45, 7) is 5.52. The van der Waals surface area contributed by atoms with Gasteiger partial charge in [0.05, 0.1) is 0 Å². The van der Waals surface area contributed by atoms with Crippen LogP contribution in [0.1, 0.15) is 38.3 Å². The van der Waals surface area contributed by atoms with E-state index in [0.29, 0.717) is 6.04 Å². The maximum absolute atomic E-state index is 3.60. The largest absolute Gasteiger partial charge is 0.310 e. The van der Waals surface area contributed by atoms with E-state index in [4.69, 9.17) is 0 Å². The highest BCUT2D eigenvalue weighted by atomic mass is 79.9. The molecule has 2 rings (SSSR count). The van der Waals surface area contributed by atoms with Crippen LogP contribution >= 0.6 is 27.3 Å². The topological polar surface area (TPSA) is 12.0 Å². The van der Waals surface area contributed by atoms with E-state index in [0.717, 1.165) is 13.0 Å². The highest BCUT2D eigenvalue weighted by Gasteiger charge is 2.09. The van der Waals surface area contributed by atoms with Gasteiger partial charge in [0.1, 0.15) is 0 Å². The Morgan fingerprint density at radius 2 is 1.89 bits per heavy atom. The molecule has 1 unspecified atom stereocenters. The molecule has 0 aliphatic heterocycles. The Kier molecular flexibility index (Phi) is 5.61. The molecule has 19 heavy (non-hydrogen) atoms. The van der Waals surface area contributed by atoms with Crippen molar-refractivity contribution in [3.8, 4) is 11.1 Å². The number of hydrogen-bond donors (Lipinski definition) is 1. The summed E-state index contributed by atoms with van der Waals surface area (Å²) in [5.41, 5.74) is 3.94.